The van der Waals surface area contributed by atoms with E-state index in [0.717, 1.165) is 51.7 Å². The molecular weight excluding hydrogens is 571 g/mol. The predicted octanol–water partition coefficient (Wildman–Crippen LogP) is 9.25. The fourth-order valence-electron chi connectivity index (χ4n) is 5.19. The second kappa shape index (κ2) is 12.8. The monoisotopic (exact) mass is 613 g/mol. The summed E-state index contributed by atoms with van der Waals surface area (Å²) >= 11 is 1.55. The Hall–Kier alpha value is -3.26. The third kappa shape index (κ3) is 7.11. The van der Waals surface area contributed by atoms with Crippen LogP contribution in [0.2, 0.25) is 18.1 Å². The Labute approximate surface area is 261 Å². The number of rotatable bonds is 10. The van der Waals surface area contributed by atoms with E-state index in [9.17, 15) is 9.59 Å². The van der Waals surface area contributed by atoms with Crippen molar-refractivity contribution in [3.63, 3.8) is 0 Å². The molecule has 0 N–H and O–H groups in total. The second-order valence-electron chi connectivity index (χ2n) is 13.1. The van der Waals surface area contributed by atoms with Gasteiger partial charge >= 0.3 is 0 Å². The minimum atomic E-state index is -1.98. The number of likely N-dealkylation sites (tertiary alicyclic amines) is 1. The van der Waals surface area contributed by atoms with E-state index in [4.69, 9.17) is 9.16 Å². The quantitative estimate of drug-likeness (QED) is 0.132. The Bertz CT molecular complexity index is 1590. The average molecular weight is 614 g/mol. The number of carbonyl (C=O) groups excluding carboxylic acids is 2. The molecule has 226 valence electrons. The zero-order valence-electron chi connectivity index (χ0n) is 26.3. The summed E-state index contributed by atoms with van der Waals surface area (Å²) in [6, 6.07) is 21.2. The maximum Gasteiger partial charge on any atom is 0.250 e. The Balaban J connectivity index is 1.42. The first-order chi connectivity index (χ1) is 20.4. The Morgan fingerprint density at radius 3 is 2.12 bits per heavy atom. The third-order valence-corrected chi connectivity index (χ3v) is 14.4. The van der Waals surface area contributed by atoms with Crippen molar-refractivity contribution in [2.24, 2.45) is 0 Å². The lowest BCUT2D eigenvalue weighted by atomic mass is 9.97. The van der Waals surface area contributed by atoms with E-state index in [0.29, 0.717) is 23.3 Å². The molecule has 0 bridgehead atoms. The van der Waals surface area contributed by atoms with Crippen LogP contribution in [0, 0.1) is 0 Å². The molecule has 0 atom stereocenters. The van der Waals surface area contributed by atoms with Crippen molar-refractivity contribution >= 4 is 41.3 Å². The summed E-state index contributed by atoms with van der Waals surface area (Å²) in [5.74, 6) is 1.58. The molecule has 1 aliphatic rings. The normalized spacial score (nSPS) is 14.6. The summed E-state index contributed by atoms with van der Waals surface area (Å²) in [5.41, 5.74) is 2.86. The maximum atomic E-state index is 14.1. The number of fused-ring (bicyclic) bond motifs is 1. The van der Waals surface area contributed by atoms with Crippen LogP contribution in [0.3, 0.4) is 0 Å². The van der Waals surface area contributed by atoms with E-state index in [1.165, 1.54) is 19.3 Å². The van der Waals surface area contributed by atoms with E-state index in [1.807, 2.05) is 66.7 Å². The molecule has 0 aliphatic carbocycles. The second-order valence-corrected chi connectivity index (χ2v) is 18.8. The zero-order valence-corrected chi connectivity index (χ0v) is 28.1. The SMILES string of the molecule is CC(=O)c1ccc2c(C(=O)c3ccc(OCCN4CCCCC4)cc3)c(-c3ccc(O[Si](C)(C)C(C)(C)C)cc3)sc2c1. The standard InChI is InChI=1S/C36H43NO4SSi/c1-25(38)28-14-19-31-32(24-28)42-35(27-12-17-30(18-13-27)41-43(5,6)36(2,3)4)33(31)34(39)26-10-15-29(16-11-26)40-23-22-37-20-8-7-9-21-37/h10-19,24H,7-9,20-23H2,1-6H3. The molecule has 1 aliphatic heterocycles. The van der Waals surface area contributed by atoms with Crippen LogP contribution in [0.25, 0.3) is 20.5 Å². The number of ketones is 2. The van der Waals surface area contributed by atoms with Crippen molar-refractivity contribution in [3.05, 3.63) is 83.4 Å². The largest absolute Gasteiger partial charge is 0.544 e. The zero-order chi connectivity index (χ0) is 30.8. The van der Waals surface area contributed by atoms with Crippen molar-refractivity contribution in [1.29, 1.82) is 0 Å². The van der Waals surface area contributed by atoms with Crippen LogP contribution >= 0.6 is 11.3 Å². The minimum Gasteiger partial charge on any atom is -0.544 e. The van der Waals surface area contributed by atoms with Crippen molar-refractivity contribution in [2.75, 3.05) is 26.2 Å². The van der Waals surface area contributed by atoms with Crippen LogP contribution in [0.4, 0.5) is 0 Å². The summed E-state index contributed by atoms with van der Waals surface area (Å²) in [6.45, 7) is 16.6. The Kier molecular flexibility index (Phi) is 9.25. The number of hydrogen-bond acceptors (Lipinski definition) is 6. The first kappa shape index (κ1) is 31.2. The molecule has 4 aromatic rings. The number of piperidine rings is 1. The smallest absolute Gasteiger partial charge is 0.250 e. The third-order valence-electron chi connectivity index (χ3n) is 8.86. The van der Waals surface area contributed by atoms with Crippen LogP contribution in [0.5, 0.6) is 11.5 Å². The first-order valence-corrected chi connectivity index (χ1v) is 19.0. The van der Waals surface area contributed by atoms with Gasteiger partial charge in [-0.05, 0) is 111 Å². The van der Waals surface area contributed by atoms with Gasteiger partial charge in [0.25, 0.3) is 0 Å². The van der Waals surface area contributed by atoms with Crippen LogP contribution in [-0.2, 0) is 0 Å². The number of ether oxygens (including phenoxy) is 1. The molecule has 0 spiro atoms. The highest BCUT2D eigenvalue weighted by Gasteiger charge is 2.39. The highest BCUT2D eigenvalue weighted by molar-refractivity contribution is 7.22. The lowest BCUT2D eigenvalue weighted by molar-refractivity contribution is 0.101. The number of hydrogen-bond donors (Lipinski definition) is 0. The van der Waals surface area contributed by atoms with Crippen LogP contribution in [0.1, 0.15) is 73.2 Å². The molecule has 1 aromatic heterocycles. The van der Waals surface area contributed by atoms with Gasteiger partial charge in [-0.1, -0.05) is 39.3 Å². The van der Waals surface area contributed by atoms with Gasteiger partial charge in [-0.2, -0.15) is 0 Å². The van der Waals surface area contributed by atoms with Gasteiger partial charge in [-0.3, -0.25) is 14.5 Å². The number of nitrogens with zero attached hydrogens (tertiary/aromatic N) is 1. The predicted molar refractivity (Wildman–Crippen MR) is 181 cm³/mol. The fraction of sp³-hybridized carbons (Fsp3) is 0.389. The van der Waals surface area contributed by atoms with Gasteiger partial charge in [0.15, 0.2) is 11.6 Å². The molecule has 0 amide bonds. The van der Waals surface area contributed by atoms with E-state index < -0.39 is 8.32 Å². The van der Waals surface area contributed by atoms with E-state index in [2.05, 4.69) is 38.8 Å². The minimum absolute atomic E-state index is 0.00716. The molecule has 1 fully saturated rings. The number of thiophene rings is 1. The molecule has 0 unspecified atom stereocenters. The lowest BCUT2D eigenvalue weighted by Gasteiger charge is -2.36. The highest BCUT2D eigenvalue weighted by atomic mass is 32.1. The number of carbonyl (C=O) groups is 2. The molecule has 1 saturated heterocycles. The molecule has 7 heteroatoms. The van der Waals surface area contributed by atoms with Gasteiger partial charge in [-0.15, -0.1) is 11.3 Å². The number of Topliss-reactive ketones (excluding diaryl/α,β-unsaturated/α-hetero) is 1. The van der Waals surface area contributed by atoms with Crippen LogP contribution in [0.15, 0.2) is 66.7 Å². The molecule has 2 heterocycles. The topological polar surface area (TPSA) is 55.8 Å². The highest BCUT2D eigenvalue weighted by Crippen LogP contribution is 2.42. The van der Waals surface area contributed by atoms with Crippen LogP contribution in [-0.4, -0.2) is 51.0 Å². The molecular formula is C36H43NO4SSi. The summed E-state index contributed by atoms with van der Waals surface area (Å²) in [5, 5.41) is 0.956. The molecule has 5 rings (SSSR count). The molecule has 3 aromatic carbocycles. The van der Waals surface area contributed by atoms with Gasteiger partial charge in [-0.25, -0.2) is 0 Å². The lowest BCUT2D eigenvalue weighted by Crippen LogP contribution is -2.43. The van der Waals surface area contributed by atoms with E-state index >= 15 is 0 Å². The van der Waals surface area contributed by atoms with E-state index in [1.54, 1.807) is 18.3 Å². The van der Waals surface area contributed by atoms with Crippen LogP contribution < -0.4 is 9.16 Å². The fourth-order valence-corrected chi connectivity index (χ4v) is 7.46. The van der Waals surface area contributed by atoms with Gasteiger partial charge in [0, 0.05) is 38.2 Å². The molecule has 0 radical (unpaired) electrons. The summed E-state index contributed by atoms with van der Waals surface area (Å²) in [4.78, 5) is 29.6. The van der Waals surface area contributed by atoms with Gasteiger partial charge in [0.05, 0.1) is 0 Å². The Morgan fingerprint density at radius 2 is 1.49 bits per heavy atom. The first-order valence-electron chi connectivity index (χ1n) is 15.3. The number of benzene rings is 3. The van der Waals surface area contributed by atoms with Crippen molar-refractivity contribution in [3.8, 4) is 21.9 Å². The van der Waals surface area contributed by atoms with Crippen molar-refractivity contribution in [2.45, 2.75) is 65.1 Å². The van der Waals surface area contributed by atoms with Gasteiger partial charge < -0.3 is 9.16 Å². The van der Waals surface area contributed by atoms with Gasteiger partial charge in [0.2, 0.25) is 8.32 Å². The van der Waals surface area contributed by atoms with Gasteiger partial charge in [0.1, 0.15) is 18.1 Å². The van der Waals surface area contributed by atoms with E-state index in [-0.39, 0.29) is 16.6 Å². The summed E-state index contributed by atoms with van der Waals surface area (Å²) in [7, 11) is -1.98. The maximum absolute atomic E-state index is 14.1. The van der Waals surface area contributed by atoms with Crippen molar-refractivity contribution in [1.82, 2.24) is 4.90 Å². The average Bonchev–Trinajstić information content (AvgIpc) is 3.36. The molecule has 43 heavy (non-hydrogen) atoms. The summed E-state index contributed by atoms with van der Waals surface area (Å²) in [6.07, 6.45) is 3.85. The Morgan fingerprint density at radius 1 is 0.860 bits per heavy atom. The van der Waals surface area contributed by atoms with Crippen molar-refractivity contribution < 1.29 is 18.8 Å². The molecule has 0 saturated carbocycles. The summed E-state index contributed by atoms with van der Waals surface area (Å²) < 4.78 is 13.4. The molecule has 5 nitrogen and oxygen atoms in total.